The molecule has 0 aliphatic heterocycles. The fourth-order valence-electron chi connectivity index (χ4n) is 2.41. The van der Waals surface area contributed by atoms with E-state index in [0.717, 1.165) is 21.5 Å². The van der Waals surface area contributed by atoms with Gasteiger partial charge in [-0.05, 0) is 42.8 Å². The van der Waals surface area contributed by atoms with Crippen LogP contribution in [0.15, 0.2) is 65.4 Å². The monoisotopic (exact) mass is 369 g/mol. The molecule has 1 N–H and O–H groups in total. The molecule has 0 aliphatic carbocycles. The van der Waals surface area contributed by atoms with Gasteiger partial charge in [-0.3, -0.25) is 4.79 Å². The number of halogens is 1. The van der Waals surface area contributed by atoms with E-state index in [9.17, 15) is 4.79 Å². The van der Waals surface area contributed by atoms with Gasteiger partial charge in [0.2, 0.25) is 0 Å². The molecule has 0 unspecified atom stereocenters. The van der Waals surface area contributed by atoms with Crippen molar-refractivity contribution in [1.29, 1.82) is 0 Å². The average Bonchev–Trinajstić information content (AvgIpc) is 2.99. The van der Waals surface area contributed by atoms with Gasteiger partial charge in [0.15, 0.2) is 0 Å². The van der Waals surface area contributed by atoms with Gasteiger partial charge in [0.05, 0.1) is 5.69 Å². The molecule has 23 heavy (non-hydrogen) atoms. The number of hydrogen-bond donors (Lipinski definition) is 1. The van der Waals surface area contributed by atoms with Crippen LogP contribution in [-0.4, -0.2) is 15.5 Å². The number of hydrogen-bond acceptors (Lipinski definition) is 2. The van der Waals surface area contributed by atoms with E-state index in [2.05, 4.69) is 26.2 Å². The van der Waals surface area contributed by atoms with E-state index in [4.69, 9.17) is 0 Å². The van der Waals surface area contributed by atoms with Crippen molar-refractivity contribution in [2.24, 2.45) is 0 Å². The summed E-state index contributed by atoms with van der Waals surface area (Å²) in [4.78, 5) is 16.5. The summed E-state index contributed by atoms with van der Waals surface area (Å²) in [5, 5.41) is 2.97. The highest BCUT2D eigenvalue weighted by Gasteiger charge is 2.09. The number of carbonyl (C=O) groups is 1. The van der Waals surface area contributed by atoms with Gasteiger partial charge in [0, 0.05) is 29.0 Å². The van der Waals surface area contributed by atoms with E-state index in [1.165, 1.54) is 0 Å². The maximum absolute atomic E-state index is 12.2. The molecule has 3 aromatic rings. The zero-order valence-corrected chi connectivity index (χ0v) is 14.2. The molecule has 0 aliphatic rings. The summed E-state index contributed by atoms with van der Waals surface area (Å²) in [7, 11) is 0. The Labute approximate surface area is 143 Å². The lowest BCUT2D eigenvalue weighted by molar-refractivity contribution is 0.0951. The molecule has 1 aromatic heterocycles. The first kappa shape index (κ1) is 15.5. The third kappa shape index (κ3) is 3.51. The number of amides is 1. The Morgan fingerprint density at radius 2 is 1.91 bits per heavy atom. The van der Waals surface area contributed by atoms with E-state index in [1.807, 2.05) is 54.1 Å². The van der Waals surface area contributed by atoms with Crippen molar-refractivity contribution >= 4 is 21.8 Å². The van der Waals surface area contributed by atoms with Gasteiger partial charge in [-0.2, -0.15) is 0 Å². The minimum atomic E-state index is -0.0883. The van der Waals surface area contributed by atoms with Crippen LogP contribution in [0, 0.1) is 6.92 Å². The predicted molar refractivity (Wildman–Crippen MR) is 93.6 cm³/mol. The van der Waals surface area contributed by atoms with Crippen molar-refractivity contribution in [3.8, 4) is 5.69 Å². The fraction of sp³-hybridized carbons (Fsp3) is 0.111. The highest BCUT2D eigenvalue weighted by molar-refractivity contribution is 9.10. The van der Waals surface area contributed by atoms with Gasteiger partial charge >= 0.3 is 0 Å². The third-order valence-corrected chi connectivity index (χ3v) is 4.15. The highest BCUT2D eigenvalue weighted by atomic mass is 79.9. The average molecular weight is 370 g/mol. The molecule has 4 nitrogen and oxygen atoms in total. The molecular formula is C18H16BrN3O. The van der Waals surface area contributed by atoms with Crippen molar-refractivity contribution < 1.29 is 4.79 Å². The number of nitrogens with zero attached hydrogens (tertiary/aromatic N) is 2. The number of aromatic nitrogens is 2. The second-order valence-electron chi connectivity index (χ2n) is 5.16. The molecule has 0 saturated carbocycles. The van der Waals surface area contributed by atoms with Gasteiger partial charge < -0.3 is 9.88 Å². The molecule has 3 rings (SSSR count). The van der Waals surface area contributed by atoms with Crippen molar-refractivity contribution in [2.45, 2.75) is 13.5 Å². The summed E-state index contributed by atoms with van der Waals surface area (Å²) in [6.45, 7) is 2.42. The van der Waals surface area contributed by atoms with Crippen LogP contribution in [0.3, 0.4) is 0 Å². The topological polar surface area (TPSA) is 46.9 Å². The Hall–Kier alpha value is -2.40. The Morgan fingerprint density at radius 1 is 1.17 bits per heavy atom. The second kappa shape index (κ2) is 6.79. The largest absolute Gasteiger partial charge is 0.348 e. The van der Waals surface area contributed by atoms with E-state index >= 15 is 0 Å². The standard InChI is InChI=1S/C18H16BrN3O/c1-13-20-10-11-22(13)17-5-3-2-4-15(17)12-21-18(23)14-6-8-16(19)9-7-14/h2-11H,12H2,1H3,(H,21,23). The Bertz CT molecular complexity index is 824. The van der Waals surface area contributed by atoms with Crippen molar-refractivity contribution in [1.82, 2.24) is 14.9 Å². The predicted octanol–water partition coefficient (Wildman–Crippen LogP) is 3.87. The number of nitrogens with one attached hydrogen (secondary N) is 1. The number of aryl methyl sites for hydroxylation is 1. The quantitative estimate of drug-likeness (QED) is 0.758. The molecule has 0 saturated heterocycles. The maximum atomic E-state index is 12.2. The number of imidazole rings is 1. The molecule has 5 heteroatoms. The van der Waals surface area contributed by atoms with Crippen molar-refractivity contribution in [2.75, 3.05) is 0 Å². The summed E-state index contributed by atoms with van der Waals surface area (Å²) < 4.78 is 2.97. The minimum Gasteiger partial charge on any atom is -0.348 e. The third-order valence-electron chi connectivity index (χ3n) is 3.62. The zero-order chi connectivity index (χ0) is 16.2. The molecule has 1 amide bonds. The first-order valence-corrected chi connectivity index (χ1v) is 8.06. The Morgan fingerprint density at radius 3 is 2.61 bits per heavy atom. The van der Waals surface area contributed by atoms with Crippen LogP contribution in [0.1, 0.15) is 21.7 Å². The highest BCUT2D eigenvalue weighted by Crippen LogP contribution is 2.16. The van der Waals surface area contributed by atoms with Crippen LogP contribution in [0.4, 0.5) is 0 Å². The lowest BCUT2D eigenvalue weighted by Crippen LogP contribution is -2.23. The summed E-state index contributed by atoms with van der Waals surface area (Å²) in [5.74, 6) is 0.825. The van der Waals surface area contributed by atoms with E-state index in [1.54, 1.807) is 18.3 Å². The van der Waals surface area contributed by atoms with Crippen LogP contribution in [0.25, 0.3) is 5.69 Å². The zero-order valence-electron chi connectivity index (χ0n) is 12.7. The fourth-order valence-corrected chi connectivity index (χ4v) is 2.67. The van der Waals surface area contributed by atoms with Crippen LogP contribution in [0.2, 0.25) is 0 Å². The molecular weight excluding hydrogens is 354 g/mol. The summed E-state index contributed by atoms with van der Waals surface area (Å²) >= 11 is 3.37. The summed E-state index contributed by atoms with van der Waals surface area (Å²) in [5.41, 5.74) is 2.71. The molecule has 0 spiro atoms. The van der Waals surface area contributed by atoms with Gasteiger partial charge in [-0.25, -0.2) is 4.98 Å². The minimum absolute atomic E-state index is 0.0883. The molecule has 0 radical (unpaired) electrons. The first-order chi connectivity index (χ1) is 11.1. The van der Waals surface area contributed by atoms with E-state index in [-0.39, 0.29) is 5.91 Å². The number of carbonyl (C=O) groups excluding carboxylic acids is 1. The second-order valence-corrected chi connectivity index (χ2v) is 6.08. The SMILES string of the molecule is Cc1nccn1-c1ccccc1CNC(=O)c1ccc(Br)cc1. The molecule has 116 valence electrons. The normalized spacial score (nSPS) is 10.5. The molecule has 0 bridgehead atoms. The van der Waals surface area contributed by atoms with E-state index in [0.29, 0.717) is 12.1 Å². The van der Waals surface area contributed by atoms with Crippen molar-refractivity contribution in [3.05, 3.63) is 82.3 Å². The van der Waals surface area contributed by atoms with Crippen LogP contribution in [-0.2, 0) is 6.54 Å². The Kier molecular flexibility index (Phi) is 4.57. The molecule has 2 aromatic carbocycles. The smallest absolute Gasteiger partial charge is 0.251 e. The van der Waals surface area contributed by atoms with E-state index < -0.39 is 0 Å². The summed E-state index contributed by atoms with van der Waals surface area (Å²) in [6.07, 6.45) is 3.69. The van der Waals surface area contributed by atoms with Crippen LogP contribution in [0.5, 0.6) is 0 Å². The lowest BCUT2D eigenvalue weighted by atomic mass is 10.1. The summed E-state index contributed by atoms with van der Waals surface area (Å²) in [6, 6.07) is 15.3. The molecule has 0 atom stereocenters. The van der Waals surface area contributed by atoms with Gasteiger partial charge in [-0.15, -0.1) is 0 Å². The van der Waals surface area contributed by atoms with Gasteiger partial charge in [-0.1, -0.05) is 34.1 Å². The lowest BCUT2D eigenvalue weighted by Gasteiger charge is -2.12. The number of benzene rings is 2. The molecule has 1 heterocycles. The van der Waals surface area contributed by atoms with Gasteiger partial charge in [0.1, 0.15) is 5.82 Å². The number of para-hydroxylation sites is 1. The Balaban J connectivity index is 1.78. The van der Waals surface area contributed by atoms with Crippen molar-refractivity contribution in [3.63, 3.8) is 0 Å². The maximum Gasteiger partial charge on any atom is 0.251 e. The van der Waals surface area contributed by atoms with Crippen LogP contribution >= 0.6 is 15.9 Å². The number of rotatable bonds is 4. The van der Waals surface area contributed by atoms with Gasteiger partial charge in [0.25, 0.3) is 5.91 Å². The first-order valence-electron chi connectivity index (χ1n) is 7.27. The molecule has 0 fully saturated rings. The van der Waals surface area contributed by atoms with Crippen LogP contribution < -0.4 is 5.32 Å².